The summed E-state index contributed by atoms with van der Waals surface area (Å²) in [7, 11) is 0. The van der Waals surface area contributed by atoms with Gasteiger partial charge in [0.1, 0.15) is 24.8 Å². The highest BCUT2D eigenvalue weighted by Crippen LogP contribution is 2.52. The zero-order chi connectivity index (χ0) is 54.4. The highest BCUT2D eigenvalue weighted by Gasteiger charge is 2.49. The van der Waals surface area contributed by atoms with E-state index in [4.69, 9.17) is 24.7 Å². The third kappa shape index (κ3) is 20.2. The van der Waals surface area contributed by atoms with Gasteiger partial charge in [0, 0.05) is 49.9 Å². The van der Waals surface area contributed by atoms with Crippen molar-refractivity contribution in [1.82, 2.24) is 21.3 Å². The Hall–Kier alpha value is -6.64. The van der Waals surface area contributed by atoms with Crippen molar-refractivity contribution in [2.45, 2.75) is 155 Å². The lowest BCUT2D eigenvalue weighted by molar-refractivity contribution is -0.141. The molecule has 1 unspecified atom stereocenters. The molecule has 4 aliphatic rings. The number of allylic oxidation sites excluding steroid dienone is 7. The van der Waals surface area contributed by atoms with Crippen LogP contribution in [0.25, 0.3) is 0 Å². The lowest BCUT2D eigenvalue weighted by Gasteiger charge is -2.39. The van der Waals surface area contributed by atoms with Crippen LogP contribution < -0.4 is 32.3 Å². The summed E-state index contributed by atoms with van der Waals surface area (Å²) in [6.45, 7) is 13.9. The molecule has 1 saturated heterocycles. The van der Waals surface area contributed by atoms with Crippen molar-refractivity contribution in [1.29, 1.82) is 0 Å². The first kappa shape index (κ1) is 59.2. The lowest BCUT2D eigenvalue weighted by Crippen LogP contribution is -2.54. The first-order chi connectivity index (χ1) is 35.9. The van der Waals surface area contributed by atoms with Crippen LogP contribution in [0.1, 0.15) is 112 Å². The van der Waals surface area contributed by atoms with Crippen molar-refractivity contribution >= 4 is 41.7 Å². The van der Waals surface area contributed by atoms with E-state index in [1.807, 2.05) is 76.3 Å². The number of primary amides is 1. The summed E-state index contributed by atoms with van der Waals surface area (Å²) in [4.78, 5) is 76.8. The highest BCUT2D eigenvalue weighted by atomic mass is 16.6. The minimum atomic E-state index is -1.05. The van der Waals surface area contributed by atoms with Crippen LogP contribution in [0.3, 0.4) is 0 Å². The molecule has 6 amide bonds. The van der Waals surface area contributed by atoms with Gasteiger partial charge in [0.05, 0.1) is 31.0 Å². The molecule has 5 rings (SSSR count). The molecule has 2 aliphatic heterocycles. The van der Waals surface area contributed by atoms with Crippen molar-refractivity contribution in [3.05, 3.63) is 102 Å². The van der Waals surface area contributed by atoms with E-state index in [1.54, 1.807) is 38.1 Å². The van der Waals surface area contributed by atoms with E-state index in [9.17, 15) is 33.9 Å². The molecule has 12 atom stereocenters. The second-order valence-corrected chi connectivity index (χ2v) is 20.6. The number of nitrogens with one attached hydrogen (secondary N) is 5. The summed E-state index contributed by atoms with van der Waals surface area (Å²) in [5.74, 6) is 5.93. The fraction of sp³-hybridized carbons (Fsp3) is 0.552. The molecular weight excluding hydrogens is 957 g/mol. The van der Waals surface area contributed by atoms with Gasteiger partial charge in [-0.05, 0) is 106 Å². The Balaban J connectivity index is 1.16. The molecular formula is C58H80N6O11. The number of alkyl carbamates (subject to hydrolysis) is 2. The molecule has 0 radical (unpaired) electrons. The van der Waals surface area contributed by atoms with Crippen LogP contribution in [0.4, 0.5) is 20.1 Å². The molecule has 0 bridgehead atoms. The Labute approximate surface area is 443 Å². The van der Waals surface area contributed by atoms with E-state index in [0.29, 0.717) is 42.3 Å². The molecule has 75 heavy (non-hydrogen) atoms. The summed E-state index contributed by atoms with van der Waals surface area (Å²) < 4.78 is 23.0. The van der Waals surface area contributed by atoms with Crippen molar-refractivity contribution in [2.24, 2.45) is 41.2 Å². The first-order valence-electron chi connectivity index (χ1n) is 26.5. The number of anilines is 1. The Morgan fingerprint density at radius 3 is 2.32 bits per heavy atom. The van der Waals surface area contributed by atoms with E-state index < -0.39 is 60.4 Å². The van der Waals surface area contributed by atoms with E-state index in [2.05, 4.69) is 51.4 Å². The van der Waals surface area contributed by atoms with Gasteiger partial charge in [-0.25, -0.2) is 19.2 Å². The number of esters is 1. The number of carbonyl (C=O) groups is 6. The van der Waals surface area contributed by atoms with Gasteiger partial charge in [-0.3, -0.25) is 9.59 Å². The standard InChI is InChI=1S/C58H80N6O11/c1-8-16-50-40(7)49(65)33-51(75-50)47(21-13-17-37(4)31-39(6)32-38(5)24-29-43-18-14-23-52(66)74-43)63-57(70)72-34-41-25-27-42(28-26-41)61-54(67)48(22-15-30-60-56(59)69)62-55(68)53(36(2)3)64-58(71)73-35-46-44-19-11-9-10-12-20-45(44)46/h8,13-14,16-17,21,23-29,32,36,39-40,43-51,53,65H,11-12,15,18-20,22,30-31,33-35H2,1-7H3,(H,61,67)(H,62,68)(H,63,70)(H,64,71)(H3,59,60,69)/b16-8+,21-13+,29-24+,37-17+,38-32-/t39-,40+,43-,44-,45+,46?,47-,48+,49-,50+,51+,53+/m1/s1. The predicted octanol–water partition coefficient (Wildman–Crippen LogP) is 7.98. The molecule has 1 saturated carbocycles. The van der Waals surface area contributed by atoms with Crippen LogP contribution in [-0.4, -0.2) is 96.8 Å². The number of ether oxygens (including phenoxy) is 4. The van der Waals surface area contributed by atoms with E-state index in [1.165, 1.54) is 6.08 Å². The second kappa shape index (κ2) is 30.0. The van der Waals surface area contributed by atoms with Gasteiger partial charge < -0.3 is 56.4 Å². The van der Waals surface area contributed by atoms with Crippen LogP contribution in [0.5, 0.6) is 0 Å². The van der Waals surface area contributed by atoms with Gasteiger partial charge in [-0.2, -0.15) is 0 Å². The number of hydrogen-bond acceptors (Lipinski definition) is 11. The summed E-state index contributed by atoms with van der Waals surface area (Å²) in [5.41, 5.74) is 8.45. The van der Waals surface area contributed by atoms with Crippen LogP contribution in [-0.2, 0) is 39.9 Å². The molecule has 0 aromatic heterocycles. The topological polar surface area (TPSA) is 246 Å². The van der Waals surface area contributed by atoms with Crippen molar-refractivity contribution < 1.29 is 52.8 Å². The number of fused-ring (bicyclic) bond motifs is 1. The van der Waals surface area contributed by atoms with Crippen LogP contribution in [0, 0.1) is 47.3 Å². The maximum Gasteiger partial charge on any atom is 0.408 e. The minimum Gasteiger partial charge on any atom is -0.455 e. The lowest BCUT2D eigenvalue weighted by atomic mass is 9.87. The maximum absolute atomic E-state index is 13.8. The Bertz CT molecular complexity index is 2350. The number of rotatable bonds is 24. The third-order valence-corrected chi connectivity index (χ3v) is 14.0. The summed E-state index contributed by atoms with van der Waals surface area (Å²) in [6.07, 6.45) is 21.4. The molecule has 1 aromatic rings. The number of urea groups is 1. The van der Waals surface area contributed by atoms with Gasteiger partial charge in [-0.1, -0.05) is 99.6 Å². The van der Waals surface area contributed by atoms with E-state index in [0.717, 1.165) is 43.3 Å². The molecule has 2 fully saturated rings. The zero-order valence-electron chi connectivity index (χ0n) is 44.7. The number of aliphatic hydroxyl groups is 1. The summed E-state index contributed by atoms with van der Waals surface area (Å²) >= 11 is 0. The fourth-order valence-electron chi connectivity index (χ4n) is 9.80. The van der Waals surface area contributed by atoms with Gasteiger partial charge in [0.25, 0.3) is 0 Å². The van der Waals surface area contributed by atoms with E-state index in [-0.39, 0.29) is 68.0 Å². The largest absolute Gasteiger partial charge is 0.455 e. The Morgan fingerprint density at radius 2 is 1.65 bits per heavy atom. The molecule has 2 heterocycles. The Kier molecular flexibility index (Phi) is 23.7. The van der Waals surface area contributed by atoms with E-state index >= 15 is 0 Å². The molecule has 0 spiro atoms. The second-order valence-electron chi connectivity index (χ2n) is 20.6. The number of carbonyl (C=O) groups excluding carboxylic acids is 6. The molecule has 408 valence electrons. The van der Waals surface area contributed by atoms with Crippen molar-refractivity contribution in [3.8, 4) is 11.8 Å². The SMILES string of the molecule is C/C=C/[C@@H]1O[C@H]([C@@H](/C=C/C=C(\C)C[C@@H](C)/C=C(C)\C=C\[C@H]2CC=CC(=O)O2)NC(=O)OCc2ccc(NC(=O)[C@H](CCCNC(N)=O)NC(=O)[C@@H](NC(=O)OCC3[C@H]4CCC#CCC[C@@H]34)C(C)C)cc2)C[C@@H](O)[C@@H]1C. The van der Waals surface area contributed by atoms with Gasteiger partial charge in [-0.15, -0.1) is 11.8 Å². The average molecular weight is 1040 g/mol. The molecule has 8 N–H and O–H groups in total. The normalized spacial score (nSPS) is 25.3. The van der Waals surface area contributed by atoms with Gasteiger partial charge in [0.2, 0.25) is 11.8 Å². The number of nitrogens with two attached hydrogens (primary N) is 1. The fourth-order valence-corrected chi connectivity index (χ4v) is 9.80. The number of hydrogen-bond donors (Lipinski definition) is 7. The van der Waals surface area contributed by atoms with Crippen LogP contribution >= 0.6 is 0 Å². The number of cyclic esters (lactones) is 1. The number of benzene rings is 1. The average Bonchev–Trinajstić information content (AvgIpc) is 4.01. The molecule has 1 aromatic carbocycles. The maximum atomic E-state index is 13.8. The van der Waals surface area contributed by atoms with Crippen molar-refractivity contribution in [3.63, 3.8) is 0 Å². The monoisotopic (exact) mass is 1040 g/mol. The minimum absolute atomic E-state index is 0.0981. The third-order valence-electron chi connectivity index (χ3n) is 14.0. The molecule has 2 aliphatic carbocycles. The van der Waals surface area contributed by atoms with Crippen molar-refractivity contribution in [2.75, 3.05) is 18.5 Å². The zero-order valence-corrected chi connectivity index (χ0v) is 44.7. The van der Waals surface area contributed by atoms with Crippen LogP contribution in [0.15, 0.2) is 96.2 Å². The quantitative estimate of drug-likeness (QED) is 0.0131. The number of amides is 6. The highest BCUT2D eigenvalue weighted by molar-refractivity contribution is 5.98. The first-order valence-corrected chi connectivity index (χ1v) is 26.5. The molecule has 17 nitrogen and oxygen atoms in total. The van der Waals surface area contributed by atoms with Gasteiger partial charge in [0.15, 0.2) is 0 Å². The number of aliphatic hydroxyl groups excluding tert-OH is 1. The van der Waals surface area contributed by atoms with Crippen LogP contribution in [0.2, 0.25) is 0 Å². The predicted molar refractivity (Wildman–Crippen MR) is 287 cm³/mol. The smallest absolute Gasteiger partial charge is 0.408 e. The molecule has 17 heteroatoms. The summed E-state index contributed by atoms with van der Waals surface area (Å²) in [6, 6.07) is 3.27. The summed E-state index contributed by atoms with van der Waals surface area (Å²) in [5, 5.41) is 24.8. The van der Waals surface area contributed by atoms with Gasteiger partial charge >= 0.3 is 24.2 Å². The Morgan fingerprint density at radius 1 is 0.947 bits per heavy atom.